The molecule has 1 spiro atoms. The molecule has 3 aliphatic rings. The summed E-state index contributed by atoms with van der Waals surface area (Å²) >= 11 is 1.26. The van der Waals surface area contributed by atoms with E-state index < -0.39 is 11.1 Å². The van der Waals surface area contributed by atoms with Gasteiger partial charge in [-0.2, -0.15) is 0 Å². The number of hydrogen-bond acceptors (Lipinski definition) is 5. The summed E-state index contributed by atoms with van der Waals surface area (Å²) in [5, 5.41) is 3.30. The minimum absolute atomic E-state index is 0.0652. The molecule has 2 aromatic rings. The standard InChI is InChI=1S/C34H44F2N2O3S/c1-21(2)30-25(8-6-9-27(30)35)26-18-23(32(3,4)31(40)38-42-5)11-13-28(26)41-24-12-10-22(16-24)17-29(39)34(36)19-33(37-20-34)14-7-15-33/h6,8-9,11,13,18,21-22,24,37H,7,10,12,14-17,19-20H2,1-5H3,(H,38,40)/t22-,24-,34+/m1/s1. The number of carbonyl (C=O) groups is 2. The van der Waals surface area contributed by atoms with Crippen molar-refractivity contribution in [1.29, 1.82) is 0 Å². The van der Waals surface area contributed by atoms with Gasteiger partial charge >= 0.3 is 0 Å². The van der Waals surface area contributed by atoms with Crippen LogP contribution in [0.4, 0.5) is 8.78 Å². The molecule has 1 saturated heterocycles. The summed E-state index contributed by atoms with van der Waals surface area (Å²) < 4.78 is 40.2. The molecular formula is C34H44F2N2O3S. The highest BCUT2D eigenvalue weighted by Crippen LogP contribution is 2.46. The zero-order chi connectivity index (χ0) is 30.3. The maximum atomic E-state index is 15.6. The lowest BCUT2D eigenvalue weighted by Gasteiger charge is -2.38. The Balaban J connectivity index is 1.37. The van der Waals surface area contributed by atoms with Gasteiger partial charge in [-0.05, 0) is 99.1 Å². The van der Waals surface area contributed by atoms with Gasteiger partial charge in [0.05, 0.1) is 11.5 Å². The summed E-state index contributed by atoms with van der Waals surface area (Å²) in [7, 11) is 0. The first-order valence-electron chi connectivity index (χ1n) is 15.3. The molecule has 5 nitrogen and oxygen atoms in total. The third kappa shape index (κ3) is 5.99. The first-order valence-corrected chi connectivity index (χ1v) is 16.5. The van der Waals surface area contributed by atoms with Crippen molar-refractivity contribution < 1.29 is 23.1 Å². The molecule has 1 aliphatic heterocycles. The van der Waals surface area contributed by atoms with Crippen LogP contribution in [0.15, 0.2) is 36.4 Å². The monoisotopic (exact) mass is 598 g/mol. The lowest BCUT2D eigenvalue weighted by molar-refractivity contribution is -0.131. The largest absolute Gasteiger partial charge is 0.490 e. The summed E-state index contributed by atoms with van der Waals surface area (Å²) in [6.45, 7) is 7.80. The Bertz CT molecular complexity index is 1340. The van der Waals surface area contributed by atoms with Crippen molar-refractivity contribution in [3.05, 3.63) is 53.3 Å². The summed E-state index contributed by atoms with van der Waals surface area (Å²) in [6.07, 6.45) is 7.46. The number of Topliss-reactive ketones (excluding diaryl/α,β-unsaturated/α-hetero) is 1. The van der Waals surface area contributed by atoms with Crippen LogP contribution in [0, 0.1) is 11.7 Å². The molecule has 3 atom stereocenters. The quantitative estimate of drug-likeness (QED) is 0.279. The maximum absolute atomic E-state index is 15.6. The van der Waals surface area contributed by atoms with Crippen LogP contribution >= 0.6 is 11.9 Å². The fraction of sp³-hybridized carbons (Fsp3) is 0.588. The topological polar surface area (TPSA) is 67.4 Å². The van der Waals surface area contributed by atoms with Gasteiger partial charge in [0, 0.05) is 36.7 Å². The Morgan fingerprint density at radius 1 is 1.17 bits per heavy atom. The smallest absolute Gasteiger partial charge is 0.239 e. The van der Waals surface area contributed by atoms with Gasteiger partial charge in [0.1, 0.15) is 11.6 Å². The van der Waals surface area contributed by atoms with Crippen LogP contribution in [-0.4, -0.2) is 41.8 Å². The number of hydrogen-bond donors (Lipinski definition) is 2. The summed E-state index contributed by atoms with van der Waals surface area (Å²) in [5.41, 5.74) is 0.135. The normalized spacial score (nSPS) is 25.0. The van der Waals surface area contributed by atoms with Crippen LogP contribution in [0.25, 0.3) is 11.1 Å². The van der Waals surface area contributed by atoms with Crippen molar-refractivity contribution >= 4 is 23.6 Å². The third-order valence-corrected chi connectivity index (χ3v) is 10.2. The van der Waals surface area contributed by atoms with Gasteiger partial charge in [0.25, 0.3) is 0 Å². The van der Waals surface area contributed by atoms with Gasteiger partial charge < -0.3 is 10.1 Å². The van der Waals surface area contributed by atoms with E-state index in [9.17, 15) is 9.59 Å². The van der Waals surface area contributed by atoms with Crippen LogP contribution in [0.1, 0.15) is 96.1 Å². The molecule has 3 fully saturated rings. The lowest BCUT2D eigenvalue weighted by Crippen LogP contribution is -2.46. The first-order chi connectivity index (χ1) is 19.9. The van der Waals surface area contributed by atoms with E-state index in [1.807, 2.05) is 58.2 Å². The van der Waals surface area contributed by atoms with E-state index in [2.05, 4.69) is 10.0 Å². The summed E-state index contributed by atoms with van der Waals surface area (Å²) in [5.74, 6) is -0.0369. The molecule has 1 heterocycles. The molecule has 0 radical (unpaired) electrons. The van der Waals surface area contributed by atoms with Gasteiger partial charge in [0.2, 0.25) is 5.91 Å². The lowest BCUT2D eigenvalue weighted by atomic mass is 9.73. The van der Waals surface area contributed by atoms with Crippen molar-refractivity contribution in [3.8, 4) is 16.9 Å². The molecule has 42 heavy (non-hydrogen) atoms. The van der Waals surface area contributed by atoms with E-state index in [-0.39, 0.29) is 54.0 Å². The van der Waals surface area contributed by atoms with Gasteiger partial charge in [0.15, 0.2) is 11.5 Å². The van der Waals surface area contributed by atoms with Crippen molar-refractivity contribution in [2.75, 3.05) is 12.8 Å². The van der Waals surface area contributed by atoms with Crippen LogP contribution in [-0.2, 0) is 15.0 Å². The molecule has 2 aromatic carbocycles. The number of carbonyl (C=O) groups excluding carboxylic acids is 2. The number of alkyl halides is 1. The predicted octanol–water partition coefficient (Wildman–Crippen LogP) is 7.42. The minimum Gasteiger partial charge on any atom is -0.490 e. The van der Waals surface area contributed by atoms with Crippen LogP contribution in [0.2, 0.25) is 0 Å². The van der Waals surface area contributed by atoms with Crippen molar-refractivity contribution in [1.82, 2.24) is 10.0 Å². The number of amides is 1. The second kappa shape index (κ2) is 11.9. The van der Waals surface area contributed by atoms with Gasteiger partial charge in [-0.1, -0.05) is 44.0 Å². The Morgan fingerprint density at radius 3 is 2.57 bits per heavy atom. The molecule has 0 bridgehead atoms. The second-order valence-electron chi connectivity index (χ2n) is 13.5. The van der Waals surface area contributed by atoms with Crippen LogP contribution in [0.5, 0.6) is 5.75 Å². The SMILES string of the molecule is CSNC(=O)C(C)(C)c1ccc(O[C@@H]2CC[C@@H](CC(=O)[C@@]3(F)CNC4(CCC4)C3)C2)c(-c2cccc(F)c2C(C)C)c1. The number of benzene rings is 2. The number of ketones is 1. The number of nitrogens with one attached hydrogen (secondary N) is 2. The highest BCUT2D eigenvalue weighted by molar-refractivity contribution is 7.97. The zero-order valence-electron chi connectivity index (χ0n) is 25.4. The molecule has 1 amide bonds. The number of ether oxygens (including phenoxy) is 1. The van der Waals surface area contributed by atoms with E-state index in [1.54, 1.807) is 6.07 Å². The Hall–Kier alpha value is -2.45. The van der Waals surface area contributed by atoms with E-state index in [0.717, 1.165) is 48.8 Å². The molecule has 228 valence electrons. The van der Waals surface area contributed by atoms with E-state index in [4.69, 9.17) is 4.74 Å². The van der Waals surface area contributed by atoms with E-state index in [1.165, 1.54) is 18.0 Å². The summed E-state index contributed by atoms with van der Waals surface area (Å²) in [4.78, 5) is 26.0. The molecule has 2 N–H and O–H groups in total. The fourth-order valence-electron chi connectivity index (χ4n) is 7.03. The summed E-state index contributed by atoms with van der Waals surface area (Å²) in [6, 6.07) is 10.8. The maximum Gasteiger partial charge on any atom is 0.239 e. The minimum atomic E-state index is -1.76. The predicted molar refractivity (Wildman–Crippen MR) is 165 cm³/mol. The van der Waals surface area contributed by atoms with Crippen molar-refractivity contribution in [3.63, 3.8) is 0 Å². The second-order valence-corrected chi connectivity index (χ2v) is 14.1. The molecule has 0 unspecified atom stereocenters. The highest BCUT2D eigenvalue weighted by Gasteiger charge is 2.55. The van der Waals surface area contributed by atoms with Crippen LogP contribution in [0.3, 0.4) is 0 Å². The molecule has 5 rings (SSSR count). The van der Waals surface area contributed by atoms with Crippen molar-refractivity contribution in [2.45, 2.75) is 108 Å². The first kappa shape index (κ1) is 31.0. The van der Waals surface area contributed by atoms with E-state index in [0.29, 0.717) is 24.2 Å². The van der Waals surface area contributed by atoms with Crippen LogP contribution < -0.4 is 14.8 Å². The van der Waals surface area contributed by atoms with E-state index >= 15 is 8.78 Å². The highest BCUT2D eigenvalue weighted by atomic mass is 32.2. The average molecular weight is 599 g/mol. The Morgan fingerprint density at radius 2 is 1.93 bits per heavy atom. The van der Waals surface area contributed by atoms with Gasteiger partial charge in [-0.25, -0.2) is 8.78 Å². The number of rotatable bonds is 10. The third-order valence-electron chi connectivity index (χ3n) is 9.82. The Kier molecular flexibility index (Phi) is 8.79. The van der Waals surface area contributed by atoms with Gasteiger partial charge in [-0.15, -0.1) is 0 Å². The molecule has 0 aromatic heterocycles. The molecule has 2 aliphatic carbocycles. The van der Waals surface area contributed by atoms with Crippen molar-refractivity contribution in [2.24, 2.45) is 5.92 Å². The molecule has 2 saturated carbocycles. The number of halogens is 2. The Labute approximate surface area is 253 Å². The average Bonchev–Trinajstić information content (AvgIpc) is 3.53. The fourth-order valence-corrected chi connectivity index (χ4v) is 7.47. The van der Waals surface area contributed by atoms with Gasteiger partial charge in [-0.3, -0.25) is 14.3 Å². The molecule has 8 heteroatoms. The zero-order valence-corrected chi connectivity index (χ0v) is 26.3. The molecular weight excluding hydrogens is 554 g/mol.